The fraction of sp³-hybridized carbons (Fsp3) is 0.278. The third-order valence-corrected chi connectivity index (χ3v) is 5.20. The highest BCUT2D eigenvalue weighted by Gasteiger charge is 2.28. The maximum Gasteiger partial charge on any atom is 0.322 e. The molecule has 7 nitrogen and oxygen atoms in total. The molecule has 0 aliphatic carbocycles. The SMILES string of the molecule is Cc1ccc(Cn2c3c(c(O)c(C(=O)NCC(=O)O)c2=O)CSC3)cc1. The Morgan fingerprint density at radius 3 is 2.58 bits per heavy atom. The van der Waals surface area contributed by atoms with Crippen molar-refractivity contribution in [1.82, 2.24) is 9.88 Å². The molecule has 0 radical (unpaired) electrons. The van der Waals surface area contributed by atoms with Gasteiger partial charge in [0.2, 0.25) is 0 Å². The summed E-state index contributed by atoms with van der Waals surface area (Å²) in [4.78, 5) is 35.8. The van der Waals surface area contributed by atoms with Crippen LogP contribution in [0, 0.1) is 6.92 Å². The van der Waals surface area contributed by atoms with Crippen LogP contribution in [-0.2, 0) is 22.8 Å². The van der Waals surface area contributed by atoms with Gasteiger partial charge in [0.15, 0.2) is 0 Å². The van der Waals surface area contributed by atoms with E-state index in [9.17, 15) is 19.5 Å². The normalized spacial score (nSPS) is 12.7. The fourth-order valence-electron chi connectivity index (χ4n) is 2.87. The molecule has 1 aliphatic heterocycles. The summed E-state index contributed by atoms with van der Waals surface area (Å²) in [5.74, 6) is -1.39. The number of nitrogens with zero attached hydrogens (tertiary/aromatic N) is 1. The lowest BCUT2D eigenvalue weighted by molar-refractivity contribution is -0.135. The Labute approximate surface area is 153 Å². The predicted molar refractivity (Wildman–Crippen MR) is 97.6 cm³/mol. The van der Waals surface area contributed by atoms with Gasteiger partial charge in [-0.1, -0.05) is 29.8 Å². The first-order chi connectivity index (χ1) is 12.4. The highest BCUT2D eigenvalue weighted by atomic mass is 32.2. The number of aryl methyl sites for hydroxylation is 1. The Morgan fingerprint density at radius 2 is 1.92 bits per heavy atom. The number of carboxylic acid groups (broad SMARTS) is 1. The second kappa shape index (κ2) is 7.25. The number of pyridine rings is 1. The van der Waals surface area contributed by atoms with Gasteiger partial charge in [-0.3, -0.25) is 14.4 Å². The summed E-state index contributed by atoms with van der Waals surface area (Å²) in [6.07, 6.45) is 0. The zero-order valence-electron chi connectivity index (χ0n) is 14.1. The lowest BCUT2D eigenvalue weighted by Crippen LogP contribution is -2.37. The van der Waals surface area contributed by atoms with Crippen LogP contribution in [0.15, 0.2) is 29.1 Å². The number of fused-ring (bicyclic) bond motifs is 1. The average molecular weight is 374 g/mol. The lowest BCUT2D eigenvalue weighted by Gasteiger charge is -2.16. The Kier molecular flexibility index (Phi) is 5.03. The van der Waals surface area contributed by atoms with Gasteiger partial charge in [0.05, 0.1) is 6.54 Å². The molecule has 0 atom stereocenters. The van der Waals surface area contributed by atoms with Crippen LogP contribution in [0.1, 0.15) is 32.7 Å². The quantitative estimate of drug-likeness (QED) is 0.731. The Morgan fingerprint density at radius 1 is 1.23 bits per heavy atom. The minimum Gasteiger partial charge on any atom is -0.507 e. The summed E-state index contributed by atoms with van der Waals surface area (Å²) in [5.41, 5.74) is 2.24. The van der Waals surface area contributed by atoms with Crippen LogP contribution in [0.3, 0.4) is 0 Å². The number of aromatic hydroxyl groups is 1. The third-order valence-electron chi connectivity index (χ3n) is 4.23. The first kappa shape index (κ1) is 18.1. The van der Waals surface area contributed by atoms with Crippen LogP contribution in [0.5, 0.6) is 5.75 Å². The van der Waals surface area contributed by atoms with Crippen molar-refractivity contribution in [3.63, 3.8) is 0 Å². The highest BCUT2D eigenvalue weighted by Crippen LogP contribution is 2.36. The molecule has 1 aromatic heterocycles. The molecule has 2 aromatic rings. The molecule has 0 bridgehead atoms. The maximum atomic E-state index is 12.9. The van der Waals surface area contributed by atoms with Gasteiger partial charge in [-0.15, -0.1) is 0 Å². The average Bonchev–Trinajstić information content (AvgIpc) is 3.08. The first-order valence-electron chi connectivity index (χ1n) is 7.99. The van der Waals surface area contributed by atoms with E-state index in [-0.39, 0.29) is 12.3 Å². The molecular weight excluding hydrogens is 356 g/mol. The minimum absolute atomic E-state index is 0.279. The van der Waals surface area contributed by atoms with E-state index in [1.54, 1.807) is 11.8 Å². The van der Waals surface area contributed by atoms with E-state index in [0.717, 1.165) is 11.1 Å². The predicted octanol–water partition coefficient (Wildman–Crippen LogP) is 1.47. The Balaban J connectivity index is 2.06. The maximum absolute atomic E-state index is 12.9. The molecule has 0 spiro atoms. The molecule has 3 rings (SSSR count). The van der Waals surface area contributed by atoms with Crippen LogP contribution in [0.2, 0.25) is 0 Å². The number of nitrogens with one attached hydrogen (secondary N) is 1. The van der Waals surface area contributed by atoms with Crippen molar-refractivity contribution < 1.29 is 19.8 Å². The molecule has 2 heterocycles. The molecule has 0 fully saturated rings. The number of carbonyl (C=O) groups is 2. The van der Waals surface area contributed by atoms with Crippen LogP contribution in [0.25, 0.3) is 0 Å². The van der Waals surface area contributed by atoms with E-state index in [0.29, 0.717) is 22.8 Å². The molecule has 0 saturated carbocycles. The number of hydrogen-bond acceptors (Lipinski definition) is 5. The summed E-state index contributed by atoms with van der Waals surface area (Å²) in [6, 6.07) is 7.70. The summed E-state index contributed by atoms with van der Waals surface area (Å²) < 4.78 is 1.50. The Bertz CT molecular complexity index is 934. The molecule has 136 valence electrons. The molecule has 8 heteroatoms. The molecule has 1 aromatic carbocycles. The van der Waals surface area contributed by atoms with E-state index in [2.05, 4.69) is 5.32 Å². The minimum atomic E-state index is -1.23. The van der Waals surface area contributed by atoms with Crippen molar-refractivity contribution in [2.24, 2.45) is 0 Å². The van der Waals surface area contributed by atoms with E-state index >= 15 is 0 Å². The topological polar surface area (TPSA) is 109 Å². The second-order valence-corrected chi connectivity index (χ2v) is 7.08. The van der Waals surface area contributed by atoms with Crippen LogP contribution in [-0.4, -0.2) is 33.2 Å². The second-order valence-electron chi connectivity index (χ2n) is 6.09. The fourth-order valence-corrected chi connectivity index (χ4v) is 4.00. The van der Waals surface area contributed by atoms with Crippen molar-refractivity contribution in [3.05, 3.63) is 62.6 Å². The van der Waals surface area contributed by atoms with Gasteiger partial charge in [0, 0.05) is 22.8 Å². The largest absolute Gasteiger partial charge is 0.507 e. The standard InChI is InChI=1S/C18H18N2O5S/c1-10-2-4-11(5-3-10)7-20-13-9-26-8-12(13)16(23)15(18(20)25)17(24)19-6-14(21)22/h2-5,23H,6-9H2,1H3,(H,19,24)(H,21,22). The van der Waals surface area contributed by atoms with Crippen molar-refractivity contribution in [2.75, 3.05) is 6.54 Å². The van der Waals surface area contributed by atoms with Gasteiger partial charge in [-0.05, 0) is 12.5 Å². The van der Waals surface area contributed by atoms with Gasteiger partial charge < -0.3 is 20.1 Å². The molecule has 1 aliphatic rings. The van der Waals surface area contributed by atoms with E-state index < -0.39 is 29.5 Å². The number of benzene rings is 1. The van der Waals surface area contributed by atoms with Crippen molar-refractivity contribution >= 4 is 23.6 Å². The summed E-state index contributed by atoms with van der Waals surface area (Å²) in [5, 5.41) is 21.3. The van der Waals surface area contributed by atoms with Crippen LogP contribution >= 0.6 is 11.8 Å². The van der Waals surface area contributed by atoms with E-state index in [1.165, 1.54) is 4.57 Å². The molecule has 0 saturated heterocycles. The summed E-state index contributed by atoms with van der Waals surface area (Å²) in [6.45, 7) is 1.62. The molecule has 1 amide bonds. The highest BCUT2D eigenvalue weighted by molar-refractivity contribution is 7.98. The third kappa shape index (κ3) is 3.45. The van der Waals surface area contributed by atoms with E-state index in [4.69, 9.17) is 5.11 Å². The summed E-state index contributed by atoms with van der Waals surface area (Å²) >= 11 is 1.55. The molecular formula is C18H18N2O5S. The van der Waals surface area contributed by atoms with E-state index in [1.807, 2.05) is 31.2 Å². The number of hydrogen-bond donors (Lipinski definition) is 3. The van der Waals surface area contributed by atoms with Gasteiger partial charge in [-0.2, -0.15) is 11.8 Å². The number of aromatic nitrogens is 1. The number of carbonyl (C=O) groups excluding carboxylic acids is 1. The number of thioether (sulfide) groups is 1. The Hall–Kier alpha value is -2.74. The van der Waals surface area contributed by atoms with Crippen molar-refractivity contribution in [1.29, 1.82) is 0 Å². The number of aliphatic carboxylic acids is 1. The van der Waals surface area contributed by atoms with Crippen molar-refractivity contribution in [2.45, 2.75) is 25.0 Å². The summed E-state index contributed by atoms with van der Waals surface area (Å²) in [7, 11) is 0. The van der Waals surface area contributed by atoms with Gasteiger partial charge in [-0.25, -0.2) is 0 Å². The first-order valence-corrected chi connectivity index (χ1v) is 9.14. The van der Waals surface area contributed by atoms with Crippen LogP contribution < -0.4 is 10.9 Å². The molecule has 3 N–H and O–H groups in total. The van der Waals surface area contributed by atoms with Crippen LogP contribution in [0.4, 0.5) is 0 Å². The van der Waals surface area contributed by atoms with Gasteiger partial charge in [0.1, 0.15) is 17.9 Å². The smallest absolute Gasteiger partial charge is 0.322 e. The van der Waals surface area contributed by atoms with Crippen molar-refractivity contribution in [3.8, 4) is 5.75 Å². The van der Waals surface area contributed by atoms with Gasteiger partial charge in [0.25, 0.3) is 11.5 Å². The zero-order valence-corrected chi connectivity index (χ0v) is 14.9. The number of amides is 1. The molecule has 26 heavy (non-hydrogen) atoms. The molecule has 0 unspecified atom stereocenters. The van der Waals surface area contributed by atoms with Gasteiger partial charge >= 0.3 is 5.97 Å². The zero-order chi connectivity index (χ0) is 18.8. The number of carboxylic acids is 1. The lowest BCUT2D eigenvalue weighted by atomic mass is 10.1. The monoisotopic (exact) mass is 374 g/mol. The number of rotatable bonds is 5.